The highest BCUT2D eigenvalue weighted by Gasteiger charge is 2.51. The Balaban J connectivity index is 1.18. The van der Waals surface area contributed by atoms with Gasteiger partial charge in [-0.15, -0.1) is 0 Å². The molecule has 0 atom stereocenters. The molecular weight excluding hydrogens is 603 g/mol. The van der Waals surface area contributed by atoms with Crippen molar-refractivity contribution in [2.75, 3.05) is 0 Å². The van der Waals surface area contributed by atoms with E-state index in [-0.39, 0.29) is 5.41 Å². The molecule has 1 nitrogen and oxygen atoms in total. The zero-order chi connectivity index (χ0) is 32.8. The van der Waals surface area contributed by atoms with Crippen molar-refractivity contribution in [1.29, 1.82) is 0 Å². The second-order valence-electron chi connectivity index (χ2n) is 13.6. The lowest BCUT2D eigenvalue weighted by Gasteiger charge is -2.30. The molecular formula is C49H31N. The van der Waals surface area contributed by atoms with Crippen LogP contribution in [0.5, 0.6) is 0 Å². The van der Waals surface area contributed by atoms with Crippen LogP contribution in [0.4, 0.5) is 0 Å². The van der Waals surface area contributed by atoms with E-state index in [0.29, 0.717) is 0 Å². The fourth-order valence-electron chi connectivity index (χ4n) is 9.31. The summed E-state index contributed by atoms with van der Waals surface area (Å²) in [6.07, 6.45) is 0. The molecule has 2 aliphatic carbocycles. The van der Waals surface area contributed by atoms with Gasteiger partial charge in [-0.05, 0) is 85.5 Å². The van der Waals surface area contributed by atoms with Gasteiger partial charge in [0.2, 0.25) is 0 Å². The number of rotatable bonds is 3. The Hall–Kier alpha value is -6.44. The fraction of sp³-hybridized carbons (Fsp3) is 0.0204. The minimum Gasteiger partial charge on any atom is -0.309 e. The van der Waals surface area contributed by atoms with Crippen LogP contribution in [-0.2, 0) is 5.41 Å². The first kappa shape index (κ1) is 27.5. The van der Waals surface area contributed by atoms with Crippen molar-refractivity contribution in [2.24, 2.45) is 0 Å². The van der Waals surface area contributed by atoms with Gasteiger partial charge in [-0.3, -0.25) is 0 Å². The summed E-state index contributed by atoms with van der Waals surface area (Å²) < 4.78 is 2.45. The monoisotopic (exact) mass is 633 g/mol. The Kier molecular flexibility index (Phi) is 5.66. The number of fused-ring (bicyclic) bond motifs is 13. The van der Waals surface area contributed by atoms with Crippen LogP contribution in [0, 0.1) is 0 Å². The number of para-hydroxylation sites is 2. The van der Waals surface area contributed by atoms with Gasteiger partial charge in [0.1, 0.15) is 0 Å². The van der Waals surface area contributed by atoms with E-state index in [1.807, 2.05) is 0 Å². The Morgan fingerprint density at radius 1 is 0.320 bits per heavy atom. The molecule has 0 aliphatic heterocycles. The van der Waals surface area contributed by atoms with Crippen molar-refractivity contribution in [3.63, 3.8) is 0 Å². The number of aromatic nitrogens is 1. The van der Waals surface area contributed by atoms with Crippen LogP contribution < -0.4 is 0 Å². The average molecular weight is 634 g/mol. The van der Waals surface area contributed by atoms with E-state index in [1.165, 1.54) is 94.3 Å². The Labute approximate surface area is 291 Å². The van der Waals surface area contributed by atoms with Gasteiger partial charge in [0, 0.05) is 16.3 Å². The second-order valence-corrected chi connectivity index (χ2v) is 13.6. The minimum atomic E-state index is -0.351. The van der Waals surface area contributed by atoms with E-state index in [1.54, 1.807) is 0 Å². The number of benzene rings is 8. The zero-order valence-electron chi connectivity index (χ0n) is 27.3. The SMILES string of the molecule is c1ccc(-c2ccccc2-n2c3ccccc3c3cc(-c4cccc5c4-c4ccccc4C54c5ccccc5-c5ccccc54)ccc32)cc1. The summed E-state index contributed by atoms with van der Waals surface area (Å²) in [5.41, 5.74) is 19.0. The highest BCUT2D eigenvalue weighted by molar-refractivity contribution is 6.12. The first-order valence-electron chi connectivity index (χ1n) is 17.5. The molecule has 0 unspecified atom stereocenters. The third-order valence-corrected chi connectivity index (χ3v) is 11.2. The highest BCUT2D eigenvalue weighted by atomic mass is 15.0. The van der Waals surface area contributed by atoms with Gasteiger partial charge in [-0.2, -0.15) is 0 Å². The summed E-state index contributed by atoms with van der Waals surface area (Å²) in [6.45, 7) is 0. The molecule has 0 saturated carbocycles. The van der Waals surface area contributed by atoms with E-state index in [4.69, 9.17) is 0 Å². The lowest BCUT2D eigenvalue weighted by Crippen LogP contribution is -2.25. The van der Waals surface area contributed by atoms with E-state index in [9.17, 15) is 0 Å². The molecule has 1 heteroatoms. The molecule has 0 amide bonds. The summed E-state index contributed by atoms with van der Waals surface area (Å²) in [4.78, 5) is 0. The maximum absolute atomic E-state index is 2.45. The van der Waals surface area contributed by atoms with E-state index in [0.717, 1.165) is 0 Å². The van der Waals surface area contributed by atoms with Crippen molar-refractivity contribution < 1.29 is 0 Å². The fourth-order valence-corrected chi connectivity index (χ4v) is 9.31. The van der Waals surface area contributed by atoms with Crippen LogP contribution in [0.1, 0.15) is 22.3 Å². The Bertz CT molecular complexity index is 2770. The van der Waals surface area contributed by atoms with Gasteiger partial charge in [0.25, 0.3) is 0 Å². The first-order chi connectivity index (χ1) is 24.8. The molecule has 1 aromatic heterocycles. The van der Waals surface area contributed by atoms with Crippen LogP contribution in [0.3, 0.4) is 0 Å². The molecule has 0 saturated heterocycles. The van der Waals surface area contributed by atoms with Crippen LogP contribution in [0.2, 0.25) is 0 Å². The van der Waals surface area contributed by atoms with Crippen molar-refractivity contribution >= 4 is 21.8 Å². The van der Waals surface area contributed by atoms with E-state index < -0.39 is 0 Å². The molecule has 232 valence electrons. The third-order valence-electron chi connectivity index (χ3n) is 11.2. The molecule has 1 spiro atoms. The summed E-state index contributed by atoms with van der Waals surface area (Å²) in [5, 5.41) is 2.52. The van der Waals surface area contributed by atoms with Crippen LogP contribution in [-0.4, -0.2) is 4.57 Å². The van der Waals surface area contributed by atoms with Crippen molar-refractivity contribution in [2.45, 2.75) is 5.41 Å². The summed E-state index contributed by atoms with van der Waals surface area (Å²) in [5.74, 6) is 0. The maximum atomic E-state index is 2.45. The Morgan fingerprint density at radius 2 is 0.860 bits per heavy atom. The number of hydrogen-bond acceptors (Lipinski definition) is 0. The summed E-state index contributed by atoms with van der Waals surface area (Å²) >= 11 is 0. The molecule has 0 radical (unpaired) electrons. The summed E-state index contributed by atoms with van der Waals surface area (Å²) in [6, 6.07) is 69.6. The van der Waals surface area contributed by atoms with Crippen LogP contribution >= 0.6 is 0 Å². The van der Waals surface area contributed by atoms with Gasteiger partial charge < -0.3 is 4.57 Å². The molecule has 11 rings (SSSR count). The maximum Gasteiger partial charge on any atom is 0.0725 e. The molecule has 2 aliphatic rings. The van der Waals surface area contributed by atoms with Crippen LogP contribution in [0.15, 0.2) is 188 Å². The first-order valence-corrected chi connectivity index (χ1v) is 17.5. The van der Waals surface area contributed by atoms with Crippen molar-refractivity contribution in [3.05, 3.63) is 210 Å². The summed E-state index contributed by atoms with van der Waals surface area (Å²) in [7, 11) is 0. The quantitative estimate of drug-likeness (QED) is 0.182. The molecule has 0 bridgehead atoms. The van der Waals surface area contributed by atoms with E-state index >= 15 is 0 Å². The molecule has 9 aromatic rings. The van der Waals surface area contributed by atoms with Gasteiger partial charge in [0.05, 0.1) is 22.1 Å². The number of hydrogen-bond donors (Lipinski definition) is 0. The van der Waals surface area contributed by atoms with Gasteiger partial charge in [-0.25, -0.2) is 0 Å². The molecule has 1 heterocycles. The van der Waals surface area contributed by atoms with Gasteiger partial charge in [0.15, 0.2) is 0 Å². The standard InChI is InChI=1S/C49H31N/c1-2-15-32(16-3-1)34-17-7-12-27-45(34)50-46-28-13-8-20-38(46)40-31-33(29-30-47(40)50)35-22-14-26-44-48(35)39-21-6-11-25-43(39)49(44)41-23-9-4-18-36(41)37-19-5-10-24-42(37)49/h1-31H. The average Bonchev–Trinajstić information content (AvgIpc) is 3.80. The smallest absolute Gasteiger partial charge is 0.0725 e. The predicted octanol–water partition coefficient (Wildman–Crippen LogP) is 12.5. The molecule has 0 fully saturated rings. The Morgan fingerprint density at radius 3 is 1.62 bits per heavy atom. The van der Waals surface area contributed by atoms with Gasteiger partial charge >= 0.3 is 0 Å². The predicted molar refractivity (Wildman–Crippen MR) is 208 cm³/mol. The molecule has 0 N–H and O–H groups in total. The second kappa shape index (κ2) is 10.3. The lowest BCUT2D eigenvalue weighted by molar-refractivity contribution is 0.794. The third kappa shape index (κ3) is 3.51. The lowest BCUT2D eigenvalue weighted by atomic mass is 9.70. The highest BCUT2D eigenvalue weighted by Crippen LogP contribution is 2.64. The zero-order valence-corrected chi connectivity index (χ0v) is 27.3. The van der Waals surface area contributed by atoms with E-state index in [2.05, 4.69) is 193 Å². The van der Waals surface area contributed by atoms with Crippen LogP contribution in [0.25, 0.3) is 72.0 Å². The van der Waals surface area contributed by atoms with Crippen molar-refractivity contribution in [3.8, 4) is 50.2 Å². The van der Waals surface area contributed by atoms with Gasteiger partial charge in [-0.1, -0.05) is 164 Å². The topological polar surface area (TPSA) is 4.93 Å². The normalized spacial score (nSPS) is 13.4. The largest absolute Gasteiger partial charge is 0.309 e. The molecule has 50 heavy (non-hydrogen) atoms. The minimum absolute atomic E-state index is 0.351. The van der Waals surface area contributed by atoms with Crippen molar-refractivity contribution in [1.82, 2.24) is 4.57 Å². The number of nitrogens with zero attached hydrogens (tertiary/aromatic N) is 1. The molecule has 8 aromatic carbocycles.